The second-order valence-corrected chi connectivity index (χ2v) is 14.2. The minimum atomic E-state index is -2.53. The van der Waals surface area contributed by atoms with E-state index in [1.807, 2.05) is 0 Å². The topological polar surface area (TPSA) is 18.5 Å². The molecule has 0 aromatic heterocycles. The molecule has 1 aromatic carbocycles. The maximum atomic E-state index is 7.19. The molecule has 0 spiro atoms. The highest BCUT2D eigenvalue weighted by molar-refractivity contribution is 6.80. The van der Waals surface area contributed by atoms with Crippen molar-refractivity contribution in [1.29, 1.82) is 0 Å². The first-order valence-corrected chi connectivity index (χ1v) is 14.9. The summed E-state index contributed by atoms with van der Waals surface area (Å²) >= 11 is 0. The fraction of sp³-hybridized carbons (Fsp3) is 0.778. The molecule has 2 aliphatic rings. The van der Waals surface area contributed by atoms with E-state index >= 15 is 0 Å². The van der Waals surface area contributed by atoms with Gasteiger partial charge in [-0.2, -0.15) is 0 Å². The zero-order chi connectivity index (χ0) is 21.9. The first kappa shape index (κ1) is 24.0. The van der Waals surface area contributed by atoms with E-state index in [0.717, 1.165) is 11.8 Å². The van der Waals surface area contributed by atoms with Gasteiger partial charge in [-0.15, -0.1) is 0 Å². The molecule has 3 heteroatoms. The molecule has 2 nitrogen and oxygen atoms in total. The molecule has 2 aliphatic carbocycles. The van der Waals surface area contributed by atoms with E-state index in [1.54, 1.807) is 0 Å². The molecule has 0 heterocycles. The number of rotatable bonds is 7. The van der Waals surface area contributed by atoms with Crippen LogP contribution in [0.2, 0.25) is 6.55 Å². The first-order valence-electron chi connectivity index (χ1n) is 12.6. The Kier molecular flexibility index (Phi) is 8.26. The molecule has 2 fully saturated rings. The zero-order valence-corrected chi connectivity index (χ0v) is 21.6. The van der Waals surface area contributed by atoms with Gasteiger partial charge in [0.1, 0.15) is 0 Å². The van der Waals surface area contributed by atoms with E-state index < -0.39 is 8.56 Å². The monoisotopic (exact) mass is 430 g/mol. The summed E-state index contributed by atoms with van der Waals surface area (Å²) in [5.41, 5.74) is 0. The van der Waals surface area contributed by atoms with Crippen molar-refractivity contribution in [3.8, 4) is 0 Å². The summed E-state index contributed by atoms with van der Waals surface area (Å²) in [5, 5.41) is 1.30. The summed E-state index contributed by atoms with van der Waals surface area (Å²) in [6.45, 7) is 16.6. The molecule has 0 radical (unpaired) electrons. The normalized spacial score (nSPS) is 33.2. The predicted octanol–water partition coefficient (Wildman–Crippen LogP) is 6.92. The summed E-state index contributed by atoms with van der Waals surface area (Å²) in [5.74, 6) is 4.11. The Morgan fingerprint density at radius 2 is 1.17 bits per heavy atom. The van der Waals surface area contributed by atoms with Gasteiger partial charge in [0.05, 0.1) is 12.2 Å². The lowest BCUT2D eigenvalue weighted by molar-refractivity contribution is -0.0205. The third kappa shape index (κ3) is 5.78. The van der Waals surface area contributed by atoms with Crippen molar-refractivity contribution in [2.45, 2.75) is 98.8 Å². The van der Waals surface area contributed by atoms with Crippen LogP contribution in [0.15, 0.2) is 30.3 Å². The van der Waals surface area contributed by atoms with Crippen molar-refractivity contribution in [3.05, 3.63) is 30.3 Å². The van der Waals surface area contributed by atoms with Crippen LogP contribution in [0.3, 0.4) is 0 Å². The Balaban J connectivity index is 1.89. The number of hydrogen-bond donors (Lipinski definition) is 0. The van der Waals surface area contributed by atoms with Crippen molar-refractivity contribution in [1.82, 2.24) is 0 Å². The largest absolute Gasteiger partial charge is 0.388 e. The molecular weight excluding hydrogens is 384 g/mol. The van der Waals surface area contributed by atoms with E-state index in [9.17, 15) is 0 Å². The lowest BCUT2D eigenvalue weighted by Crippen LogP contribution is -2.58. The van der Waals surface area contributed by atoms with Crippen molar-refractivity contribution in [3.63, 3.8) is 0 Å². The standard InChI is InChI=1S/C27H46O2Si/c1-19(2)24-15-13-21(5)17-26(24)28-30(7,23-11-9-8-10-12-23)29-27-18-22(6)14-16-25(27)20(3)4/h8-12,19-22,24-27H,13-18H2,1-7H3/t21-,22-,24+,25+,26-,27-/m1/s1. The Morgan fingerprint density at radius 1 is 0.733 bits per heavy atom. The maximum absolute atomic E-state index is 7.19. The molecular formula is C27H46O2Si. The second kappa shape index (κ2) is 10.3. The average molecular weight is 431 g/mol. The summed E-state index contributed by atoms with van der Waals surface area (Å²) in [6, 6.07) is 10.9. The number of hydrogen-bond acceptors (Lipinski definition) is 2. The first-order chi connectivity index (χ1) is 14.2. The number of benzene rings is 1. The van der Waals surface area contributed by atoms with Gasteiger partial charge in [0, 0.05) is 0 Å². The Labute approximate surface area is 187 Å². The maximum Gasteiger partial charge on any atom is 0.369 e. The molecule has 0 amide bonds. The van der Waals surface area contributed by atoms with Crippen molar-refractivity contribution < 1.29 is 8.85 Å². The minimum absolute atomic E-state index is 0.323. The van der Waals surface area contributed by atoms with Crippen LogP contribution in [-0.4, -0.2) is 20.8 Å². The lowest BCUT2D eigenvalue weighted by atomic mass is 9.75. The molecule has 0 saturated heterocycles. The highest BCUT2D eigenvalue weighted by Crippen LogP contribution is 2.40. The highest BCUT2D eigenvalue weighted by atomic mass is 28.4. The zero-order valence-electron chi connectivity index (χ0n) is 20.6. The third-order valence-electron chi connectivity index (χ3n) is 7.97. The van der Waals surface area contributed by atoms with Crippen LogP contribution in [0.5, 0.6) is 0 Å². The molecule has 0 unspecified atom stereocenters. The Hall–Kier alpha value is -0.643. The summed E-state index contributed by atoms with van der Waals surface area (Å²) < 4.78 is 14.4. The van der Waals surface area contributed by atoms with E-state index in [4.69, 9.17) is 8.85 Å². The van der Waals surface area contributed by atoms with Gasteiger partial charge in [-0.3, -0.25) is 0 Å². The summed E-state index contributed by atoms with van der Waals surface area (Å²) in [6.07, 6.45) is 8.25. The van der Waals surface area contributed by atoms with Crippen LogP contribution >= 0.6 is 0 Å². The van der Waals surface area contributed by atoms with Crippen molar-refractivity contribution >= 4 is 13.7 Å². The molecule has 0 N–H and O–H groups in total. The Morgan fingerprint density at radius 3 is 1.57 bits per heavy atom. The summed E-state index contributed by atoms with van der Waals surface area (Å²) in [7, 11) is -2.53. The van der Waals surface area contributed by atoms with Crippen LogP contribution < -0.4 is 5.19 Å². The van der Waals surface area contributed by atoms with Gasteiger partial charge in [0.15, 0.2) is 0 Å². The fourth-order valence-corrected chi connectivity index (χ4v) is 8.81. The van der Waals surface area contributed by atoms with Crippen molar-refractivity contribution in [2.24, 2.45) is 35.5 Å². The van der Waals surface area contributed by atoms with E-state index in [-0.39, 0.29) is 0 Å². The quantitative estimate of drug-likeness (QED) is 0.437. The molecule has 0 bridgehead atoms. The fourth-order valence-electron chi connectivity index (χ4n) is 5.98. The molecule has 2 saturated carbocycles. The Bertz CT molecular complexity index is 610. The molecule has 0 aliphatic heterocycles. The van der Waals surface area contributed by atoms with Gasteiger partial charge in [-0.25, -0.2) is 0 Å². The SMILES string of the molecule is CC(C)[C@@H]1CC[C@@H](C)C[C@H]1O[Si](C)(O[C@@H]1C[C@H](C)CC[C@H]1C(C)C)c1ccccc1. The highest BCUT2D eigenvalue weighted by Gasteiger charge is 2.45. The molecule has 30 heavy (non-hydrogen) atoms. The van der Waals surface area contributed by atoms with Gasteiger partial charge < -0.3 is 8.85 Å². The minimum Gasteiger partial charge on any atom is -0.388 e. The molecule has 3 rings (SSSR count). The van der Waals surface area contributed by atoms with E-state index in [2.05, 4.69) is 78.4 Å². The second-order valence-electron chi connectivity index (χ2n) is 11.3. The van der Waals surface area contributed by atoms with Crippen LogP contribution in [0, 0.1) is 35.5 Å². The van der Waals surface area contributed by atoms with E-state index in [0.29, 0.717) is 35.9 Å². The predicted molar refractivity (Wildman–Crippen MR) is 130 cm³/mol. The van der Waals surface area contributed by atoms with Crippen LogP contribution in [0.4, 0.5) is 0 Å². The van der Waals surface area contributed by atoms with Gasteiger partial charge in [-0.1, -0.05) is 84.7 Å². The third-order valence-corrected chi connectivity index (χ3v) is 10.9. The summed E-state index contributed by atoms with van der Waals surface area (Å²) in [4.78, 5) is 0. The van der Waals surface area contributed by atoms with E-state index in [1.165, 1.54) is 43.7 Å². The van der Waals surface area contributed by atoms with Crippen LogP contribution in [-0.2, 0) is 8.85 Å². The molecule has 1 aromatic rings. The smallest absolute Gasteiger partial charge is 0.369 e. The van der Waals surface area contributed by atoms with Gasteiger partial charge in [-0.05, 0) is 72.9 Å². The van der Waals surface area contributed by atoms with Gasteiger partial charge in [0.25, 0.3) is 0 Å². The van der Waals surface area contributed by atoms with Crippen molar-refractivity contribution in [2.75, 3.05) is 0 Å². The molecule has 170 valence electrons. The van der Waals surface area contributed by atoms with Gasteiger partial charge >= 0.3 is 8.56 Å². The van der Waals surface area contributed by atoms with Gasteiger partial charge in [0.2, 0.25) is 0 Å². The van der Waals surface area contributed by atoms with Crippen LogP contribution in [0.1, 0.15) is 80.1 Å². The average Bonchev–Trinajstić information content (AvgIpc) is 2.68. The molecule has 6 atom stereocenters. The lowest BCUT2D eigenvalue weighted by Gasteiger charge is -2.45. The van der Waals surface area contributed by atoms with Crippen LogP contribution in [0.25, 0.3) is 0 Å².